The number of aliphatic hydroxyl groups is 1. The summed E-state index contributed by atoms with van der Waals surface area (Å²) < 4.78 is 27.2. The Hall–Kier alpha value is -0.470. The van der Waals surface area contributed by atoms with Gasteiger partial charge in [-0.25, -0.2) is 13.1 Å². The van der Waals surface area contributed by atoms with E-state index in [1.807, 2.05) is 6.92 Å². The summed E-state index contributed by atoms with van der Waals surface area (Å²) in [6.07, 6.45) is 0. The first kappa shape index (κ1) is 16.6. The average molecular weight is 306 g/mol. The van der Waals surface area contributed by atoms with Gasteiger partial charge in [-0.1, -0.05) is 13.8 Å². The molecule has 1 aromatic heterocycles. The zero-order valence-electron chi connectivity index (χ0n) is 11.6. The lowest BCUT2D eigenvalue weighted by Crippen LogP contribution is -2.41. The molecule has 1 heterocycles. The summed E-state index contributed by atoms with van der Waals surface area (Å²) in [4.78, 5) is 2.17. The van der Waals surface area contributed by atoms with Crippen LogP contribution in [0.3, 0.4) is 0 Å². The molecule has 0 amide bonds. The highest BCUT2D eigenvalue weighted by Gasteiger charge is 2.20. The van der Waals surface area contributed by atoms with E-state index in [4.69, 9.17) is 5.11 Å². The SMILES string of the molecule is CCN(CC)CC(C)NS(=O)(=O)c1cc(CO)cs1. The van der Waals surface area contributed by atoms with Crippen LogP contribution in [0.4, 0.5) is 0 Å². The van der Waals surface area contributed by atoms with Crippen LogP contribution in [0.25, 0.3) is 0 Å². The summed E-state index contributed by atoms with van der Waals surface area (Å²) in [7, 11) is -3.48. The number of nitrogens with zero attached hydrogens (tertiary/aromatic N) is 1. The van der Waals surface area contributed by atoms with Crippen molar-refractivity contribution < 1.29 is 13.5 Å². The van der Waals surface area contributed by atoms with E-state index in [1.165, 1.54) is 6.07 Å². The third-order valence-corrected chi connectivity index (χ3v) is 5.94. The maximum absolute atomic E-state index is 12.1. The lowest BCUT2D eigenvalue weighted by atomic mass is 10.3. The Bertz CT molecular complexity index is 481. The van der Waals surface area contributed by atoms with Gasteiger partial charge < -0.3 is 10.0 Å². The zero-order chi connectivity index (χ0) is 14.5. The molecule has 0 fully saturated rings. The van der Waals surface area contributed by atoms with Gasteiger partial charge in [0.25, 0.3) is 0 Å². The quantitative estimate of drug-likeness (QED) is 0.758. The summed E-state index contributed by atoms with van der Waals surface area (Å²) in [5, 5.41) is 10.6. The minimum absolute atomic E-state index is 0.138. The molecule has 1 unspecified atom stereocenters. The maximum Gasteiger partial charge on any atom is 0.250 e. The van der Waals surface area contributed by atoms with Gasteiger partial charge in [0.05, 0.1) is 6.61 Å². The summed E-state index contributed by atoms with van der Waals surface area (Å²) in [6.45, 7) is 8.31. The van der Waals surface area contributed by atoms with Gasteiger partial charge in [-0.05, 0) is 37.0 Å². The van der Waals surface area contributed by atoms with Crippen LogP contribution in [-0.4, -0.2) is 44.1 Å². The summed E-state index contributed by atoms with van der Waals surface area (Å²) >= 11 is 1.13. The second-order valence-electron chi connectivity index (χ2n) is 4.44. The van der Waals surface area contributed by atoms with E-state index in [9.17, 15) is 8.42 Å². The molecular weight excluding hydrogens is 284 g/mol. The molecule has 0 saturated heterocycles. The predicted molar refractivity (Wildman–Crippen MR) is 77.8 cm³/mol. The summed E-state index contributed by atoms with van der Waals surface area (Å²) in [6, 6.07) is 1.36. The molecule has 0 aliphatic carbocycles. The second kappa shape index (κ2) is 7.35. The fourth-order valence-electron chi connectivity index (χ4n) is 1.81. The molecule has 19 heavy (non-hydrogen) atoms. The zero-order valence-corrected chi connectivity index (χ0v) is 13.2. The maximum atomic E-state index is 12.1. The Morgan fingerprint density at radius 1 is 1.42 bits per heavy atom. The molecule has 0 radical (unpaired) electrons. The molecule has 0 bridgehead atoms. The highest BCUT2D eigenvalue weighted by atomic mass is 32.2. The van der Waals surface area contributed by atoms with E-state index in [0.29, 0.717) is 12.1 Å². The van der Waals surface area contributed by atoms with Gasteiger partial charge in [0.15, 0.2) is 0 Å². The van der Waals surface area contributed by atoms with E-state index < -0.39 is 10.0 Å². The van der Waals surface area contributed by atoms with E-state index >= 15 is 0 Å². The molecule has 7 heteroatoms. The topological polar surface area (TPSA) is 69.6 Å². The fraction of sp³-hybridized carbons (Fsp3) is 0.667. The van der Waals surface area contributed by atoms with Crippen molar-refractivity contribution in [2.45, 2.75) is 37.6 Å². The number of likely N-dealkylation sites (N-methyl/N-ethyl adjacent to an activating group) is 1. The van der Waals surface area contributed by atoms with Gasteiger partial charge in [0, 0.05) is 12.6 Å². The van der Waals surface area contributed by atoms with E-state index in [-0.39, 0.29) is 16.9 Å². The molecule has 0 aliphatic heterocycles. The highest BCUT2D eigenvalue weighted by Crippen LogP contribution is 2.20. The molecule has 1 rings (SSSR count). The van der Waals surface area contributed by atoms with Gasteiger partial charge in [-0.2, -0.15) is 0 Å². The monoisotopic (exact) mass is 306 g/mol. The smallest absolute Gasteiger partial charge is 0.250 e. The molecule has 0 saturated carbocycles. The van der Waals surface area contributed by atoms with Crippen LogP contribution in [0.15, 0.2) is 15.7 Å². The first-order chi connectivity index (χ1) is 8.92. The molecule has 2 N–H and O–H groups in total. The van der Waals surface area contributed by atoms with Crippen LogP contribution in [0, 0.1) is 0 Å². The Morgan fingerprint density at radius 2 is 2.05 bits per heavy atom. The predicted octanol–water partition coefficient (Wildman–Crippen LogP) is 1.25. The summed E-state index contributed by atoms with van der Waals surface area (Å²) in [5.74, 6) is 0. The second-order valence-corrected chi connectivity index (χ2v) is 7.29. The van der Waals surface area contributed by atoms with Crippen LogP contribution in [0.1, 0.15) is 26.3 Å². The summed E-state index contributed by atoms with van der Waals surface area (Å²) in [5.41, 5.74) is 0.627. The molecular formula is C12H22N2O3S2. The van der Waals surface area contributed by atoms with E-state index in [0.717, 1.165) is 24.4 Å². The van der Waals surface area contributed by atoms with Crippen molar-refractivity contribution in [3.8, 4) is 0 Å². The van der Waals surface area contributed by atoms with E-state index in [1.54, 1.807) is 5.38 Å². The standard InChI is InChI=1S/C12H22N2O3S2/c1-4-14(5-2)7-10(3)13-19(16,17)12-6-11(8-15)9-18-12/h6,9-10,13,15H,4-5,7-8H2,1-3H3. The van der Waals surface area contributed by atoms with Crippen molar-refractivity contribution in [3.63, 3.8) is 0 Å². The first-order valence-electron chi connectivity index (χ1n) is 6.35. The van der Waals surface area contributed by atoms with Gasteiger partial charge >= 0.3 is 0 Å². The Balaban J connectivity index is 2.68. The minimum Gasteiger partial charge on any atom is -0.392 e. The van der Waals surface area contributed by atoms with Gasteiger partial charge in [-0.15, -0.1) is 11.3 Å². The lowest BCUT2D eigenvalue weighted by molar-refractivity contribution is 0.282. The van der Waals surface area contributed by atoms with Crippen LogP contribution >= 0.6 is 11.3 Å². The van der Waals surface area contributed by atoms with Crippen LogP contribution in [0.2, 0.25) is 0 Å². The molecule has 0 aromatic carbocycles. The number of rotatable bonds is 8. The van der Waals surface area contributed by atoms with Crippen molar-refractivity contribution >= 4 is 21.4 Å². The Kier molecular flexibility index (Phi) is 6.41. The van der Waals surface area contributed by atoms with Gasteiger partial charge in [0.1, 0.15) is 4.21 Å². The molecule has 1 aromatic rings. The number of hydrogen-bond donors (Lipinski definition) is 2. The average Bonchev–Trinajstić information content (AvgIpc) is 2.84. The van der Waals surface area contributed by atoms with Crippen molar-refractivity contribution in [2.24, 2.45) is 0 Å². The Morgan fingerprint density at radius 3 is 2.53 bits per heavy atom. The third kappa shape index (κ3) is 4.85. The fourth-order valence-corrected chi connectivity index (χ4v) is 4.26. The molecule has 0 aliphatic rings. The van der Waals surface area contributed by atoms with Gasteiger partial charge in [-0.3, -0.25) is 0 Å². The number of nitrogens with one attached hydrogen (secondary N) is 1. The lowest BCUT2D eigenvalue weighted by Gasteiger charge is -2.23. The number of hydrogen-bond acceptors (Lipinski definition) is 5. The minimum atomic E-state index is -3.48. The number of sulfonamides is 1. The van der Waals surface area contributed by atoms with Crippen molar-refractivity contribution in [3.05, 3.63) is 17.0 Å². The highest BCUT2D eigenvalue weighted by molar-refractivity contribution is 7.91. The molecule has 1 atom stereocenters. The normalized spacial score (nSPS) is 13.9. The van der Waals surface area contributed by atoms with Crippen molar-refractivity contribution in [2.75, 3.05) is 19.6 Å². The van der Waals surface area contributed by atoms with Crippen molar-refractivity contribution in [1.29, 1.82) is 0 Å². The molecule has 110 valence electrons. The molecule has 0 spiro atoms. The number of thiophene rings is 1. The number of aliphatic hydroxyl groups excluding tert-OH is 1. The largest absolute Gasteiger partial charge is 0.392 e. The van der Waals surface area contributed by atoms with Crippen LogP contribution in [-0.2, 0) is 16.6 Å². The first-order valence-corrected chi connectivity index (χ1v) is 8.72. The van der Waals surface area contributed by atoms with E-state index in [2.05, 4.69) is 23.5 Å². The van der Waals surface area contributed by atoms with Gasteiger partial charge in [0.2, 0.25) is 10.0 Å². The molecule has 5 nitrogen and oxygen atoms in total. The van der Waals surface area contributed by atoms with Crippen molar-refractivity contribution in [1.82, 2.24) is 9.62 Å². The third-order valence-electron chi connectivity index (χ3n) is 2.86. The van der Waals surface area contributed by atoms with Crippen LogP contribution in [0.5, 0.6) is 0 Å². The van der Waals surface area contributed by atoms with Crippen LogP contribution < -0.4 is 4.72 Å². The Labute approximate surface area is 119 Å².